The average Bonchev–Trinajstić information content (AvgIpc) is 3.21. The number of hydrogen-bond acceptors (Lipinski definition) is 3. The minimum Gasteiger partial charge on any atom is -0.494 e. The monoisotopic (exact) mass is 274 g/mol. The van der Waals surface area contributed by atoms with Gasteiger partial charge < -0.3 is 9.64 Å². The molecular formula is C16H22N2O2. The molecule has 0 aromatic heterocycles. The molecule has 1 aromatic rings. The molecular weight excluding hydrogens is 252 g/mol. The first-order valence-corrected chi connectivity index (χ1v) is 7.53. The van der Waals surface area contributed by atoms with Crippen molar-refractivity contribution in [1.29, 1.82) is 0 Å². The molecule has 1 atom stereocenters. The van der Waals surface area contributed by atoms with Crippen LogP contribution < -0.4 is 10.1 Å². The minimum absolute atomic E-state index is 0.0249. The highest BCUT2D eigenvalue weighted by Crippen LogP contribution is 2.34. The number of carbonyl (C=O) groups excluding carboxylic acids is 1. The Morgan fingerprint density at radius 3 is 2.70 bits per heavy atom. The normalized spacial score (nSPS) is 22.4. The molecule has 20 heavy (non-hydrogen) atoms. The third-order valence-electron chi connectivity index (χ3n) is 4.06. The van der Waals surface area contributed by atoms with Gasteiger partial charge in [-0.3, -0.25) is 10.1 Å². The van der Waals surface area contributed by atoms with E-state index < -0.39 is 0 Å². The van der Waals surface area contributed by atoms with Gasteiger partial charge in [-0.2, -0.15) is 0 Å². The number of carbonyl (C=O) groups is 1. The summed E-state index contributed by atoms with van der Waals surface area (Å²) < 4.78 is 5.46. The summed E-state index contributed by atoms with van der Waals surface area (Å²) >= 11 is 0. The van der Waals surface area contributed by atoms with Crippen molar-refractivity contribution in [1.82, 2.24) is 10.2 Å². The molecule has 1 aliphatic heterocycles. The predicted molar refractivity (Wildman–Crippen MR) is 77.4 cm³/mol. The van der Waals surface area contributed by atoms with Crippen molar-refractivity contribution in [2.75, 3.05) is 19.7 Å². The van der Waals surface area contributed by atoms with E-state index in [1.807, 2.05) is 36.1 Å². The Morgan fingerprint density at radius 2 is 2.05 bits per heavy atom. The van der Waals surface area contributed by atoms with E-state index in [-0.39, 0.29) is 12.1 Å². The van der Waals surface area contributed by atoms with Crippen LogP contribution in [0.25, 0.3) is 0 Å². The van der Waals surface area contributed by atoms with Crippen LogP contribution in [0.2, 0.25) is 0 Å². The highest BCUT2D eigenvalue weighted by Gasteiger charge is 2.32. The fourth-order valence-corrected chi connectivity index (χ4v) is 2.73. The highest BCUT2D eigenvalue weighted by atomic mass is 16.5. The van der Waals surface area contributed by atoms with Crippen molar-refractivity contribution in [2.45, 2.75) is 32.4 Å². The van der Waals surface area contributed by atoms with E-state index >= 15 is 0 Å². The largest absolute Gasteiger partial charge is 0.494 e. The van der Waals surface area contributed by atoms with Crippen LogP contribution in [0, 0.1) is 5.92 Å². The van der Waals surface area contributed by atoms with E-state index in [1.165, 1.54) is 12.8 Å². The Hall–Kier alpha value is -1.55. The summed E-state index contributed by atoms with van der Waals surface area (Å²) in [6.07, 6.45) is 3.84. The molecule has 1 aliphatic carbocycles. The SMILES string of the molecule is CCOc1ccc(C2NCC(=O)N2CCC2CC2)cc1. The first kappa shape index (κ1) is 13.4. The van der Waals surface area contributed by atoms with E-state index in [9.17, 15) is 4.79 Å². The molecule has 1 saturated heterocycles. The van der Waals surface area contributed by atoms with Crippen molar-refractivity contribution >= 4 is 5.91 Å². The van der Waals surface area contributed by atoms with E-state index in [2.05, 4.69) is 5.32 Å². The zero-order chi connectivity index (χ0) is 13.9. The zero-order valence-electron chi connectivity index (χ0n) is 12.0. The quantitative estimate of drug-likeness (QED) is 0.865. The molecule has 4 heteroatoms. The lowest BCUT2D eigenvalue weighted by Gasteiger charge is -2.24. The maximum atomic E-state index is 12.0. The van der Waals surface area contributed by atoms with Gasteiger partial charge in [0.1, 0.15) is 11.9 Å². The summed E-state index contributed by atoms with van der Waals surface area (Å²) in [5, 5.41) is 3.30. The third-order valence-corrected chi connectivity index (χ3v) is 4.06. The molecule has 1 saturated carbocycles. The van der Waals surface area contributed by atoms with Gasteiger partial charge in [0.05, 0.1) is 13.2 Å². The van der Waals surface area contributed by atoms with Crippen molar-refractivity contribution in [3.05, 3.63) is 29.8 Å². The summed E-state index contributed by atoms with van der Waals surface area (Å²) in [7, 11) is 0. The molecule has 1 amide bonds. The van der Waals surface area contributed by atoms with Gasteiger partial charge in [-0.1, -0.05) is 25.0 Å². The maximum Gasteiger partial charge on any atom is 0.238 e. The molecule has 1 N–H and O–H groups in total. The summed E-state index contributed by atoms with van der Waals surface area (Å²) in [5.74, 6) is 1.94. The minimum atomic E-state index is 0.0249. The van der Waals surface area contributed by atoms with Crippen LogP contribution in [0.5, 0.6) is 5.75 Å². The van der Waals surface area contributed by atoms with Crippen LogP contribution in [0.15, 0.2) is 24.3 Å². The van der Waals surface area contributed by atoms with Gasteiger partial charge in [0.2, 0.25) is 5.91 Å². The van der Waals surface area contributed by atoms with Crippen LogP contribution in [-0.4, -0.2) is 30.5 Å². The molecule has 0 spiro atoms. The zero-order valence-corrected chi connectivity index (χ0v) is 12.0. The molecule has 1 unspecified atom stereocenters. The van der Waals surface area contributed by atoms with Gasteiger partial charge in [-0.25, -0.2) is 0 Å². The second kappa shape index (κ2) is 5.83. The Morgan fingerprint density at radius 1 is 1.30 bits per heavy atom. The summed E-state index contributed by atoms with van der Waals surface area (Å²) in [6.45, 7) is 3.97. The van der Waals surface area contributed by atoms with Gasteiger partial charge in [0.15, 0.2) is 0 Å². The fourth-order valence-electron chi connectivity index (χ4n) is 2.73. The first-order valence-electron chi connectivity index (χ1n) is 7.53. The van der Waals surface area contributed by atoms with Crippen LogP contribution in [0.1, 0.15) is 37.9 Å². The van der Waals surface area contributed by atoms with Gasteiger partial charge in [-0.05, 0) is 37.0 Å². The molecule has 3 rings (SSSR count). The Bertz CT molecular complexity index is 468. The molecule has 4 nitrogen and oxygen atoms in total. The second-order valence-electron chi connectivity index (χ2n) is 5.60. The van der Waals surface area contributed by atoms with Crippen molar-refractivity contribution in [3.8, 4) is 5.75 Å². The van der Waals surface area contributed by atoms with Gasteiger partial charge in [0.25, 0.3) is 0 Å². The van der Waals surface area contributed by atoms with Crippen molar-refractivity contribution in [2.24, 2.45) is 5.92 Å². The Balaban J connectivity index is 1.68. The molecule has 2 fully saturated rings. The lowest BCUT2D eigenvalue weighted by molar-refractivity contribution is -0.128. The van der Waals surface area contributed by atoms with Crippen LogP contribution in [0.3, 0.4) is 0 Å². The fraction of sp³-hybridized carbons (Fsp3) is 0.562. The second-order valence-corrected chi connectivity index (χ2v) is 5.60. The summed E-state index contributed by atoms with van der Waals surface area (Å²) in [5.41, 5.74) is 1.13. The maximum absolute atomic E-state index is 12.0. The lowest BCUT2D eigenvalue weighted by atomic mass is 10.1. The summed E-state index contributed by atoms with van der Waals surface area (Å²) in [6, 6.07) is 8.04. The molecule has 0 bridgehead atoms. The third kappa shape index (κ3) is 2.96. The van der Waals surface area contributed by atoms with E-state index in [0.29, 0.717) is 13.2 Å². The van der Waals surface area contributed by atoms with E-state index in [1.54, 1.807) is 0 Å². The predicted octanol–water partition coefficient (Wildman–Crippen LogP) is 2.32. The molecule has 0 radical (unpaired) electrons. The van der Waals surface area contributed by atoms with E-state index in [4.69, 9.17) is 4.74 Å². The number of hydrogen-bond donors (Lipinski definition) is 1. The number of ether oxygens (including phenoxy) is 1. The van der Waals surface area contributed by atoms with Crippen molar-refractivity contribution < 1.29 is 9.53 Å². The smallest absolute Gasteiger partial charge is 0.238 e. The van der Waals surface area contributed by atoms with Crippen LogP contribution in [-0.2, 0) is 4.79 Å². The topological polar surface area (TPSA) is 41.6 Å². The van der Waals surface area contributed by atoms with Gasteiger partial charge >= 0.3 is 0 Å². The number of rotatable bonds is 6. The number of nitrogens with zero attached hydrogens (tertiary/aromatic N) is 1. The molecule has 2 aliphatic rings. The molecule has 1 aromatic carbocycles. The average molecular weight is 274 g/mol. The number of amides is 1. The van der Waals surface area contributed by atoms with Crippen LogP contribution in [0.4, 0.5) is 0 Å². The molecule has 108 valence electrons. The van der Waals surface area contributed by atoms with Gasteiger partial charge in [0, 0.05) is 6.54 Å². The molecule has 1 heterocycles. The van der Waals surface area contributed by atoms with Crippen molar-refractivity contribution in [3.63, 3.8) is 0 Å². The summed E-state index contributed by atoms with van der Waals surface area (Å²) in [4.78, 5) is 14.0. The number of nitrogens with one attached hydrogen (secondary N) is 1. The van der Waals surface area contributed by atoms with Gasteiger partial charge in [-0.15, -0.1) is 0 Å². The number of benzene rings is 1. The van der Waals surface area contributed by atoms with E-state index in [0.717, 1.165) is 30.2 Å². The Kier molecular flexibility index (Phi) is 3.92. The standard InChI is InChI=1S/C16H22N2O2/c1-2-20-14-7-5-13(6-8-14)16-17-11-15(19)18(16)10-9-12-3-4-12/h5-8,12,16-17H,2-4,9-11H2,1H3. The Labute approximate surface area is 120 Å². The lowest BCUT2D eigenvalue weighted by Crippen LogP contribution is -2.31. The first-order chi connectivity index (χ1) is 9.78. The highest BCUT2D eigenvalue weighted by molar-refractivity contribution is 5.80. The van der Waals surface area contributed by atoms with Crippen LogP contribution >= 0.6 is 0 Å².